The van der Waals surface area contributed by atoms with Crippen LogP contribution in [-0.2, 0) is 23.7 Å². The third-order valence-electron chi connectivity index (χ3n) is 5.97. The van der Waals surface area contributed by atoms with Gasteiger partial charge in [0.05, 0.1) is 43.7 Å². The Morgan fingerprint density at radius 1 is 1.00 bits per heavy atom. The molecule has 2 fully saturated rings. The van der Waals surface area contributed by atoms with Gasteiger partial charge in [0.25, 0.3) is 0 Å². The van der Waals surface area contributed by atoms with Gasteiger partial charge in [-0.1, -0.05) is 0 Å². The molecule has 0 aromatic carbocycles. The third-order valence-corrected chi connectivity index (χ3v) is 5.97. The lowest BCUT2D eigenvalue weighted by atomic mass is 9.80. The molecule has 0 aromatic heterocycles. The Hall–Kier alpha value is -0.890. The third kappa shape index (κ3) is 5.29. The minimum Gasteiger partial charge on any atom is -0.463 e. The molecular weight excluding hydrogens is 402 g/mol. The van der Waals surface area contributed by atoms with Crippen molar-refractivity contribution in [2.45, 2.75) is 81.6 Å². The van der Waals surface area contributed by atoms with E-state index in [0.717, 1.165) is 0 Å². The Bertz CT molecular complexity index is 588. The zero-order chi connectivity index (χ0) is 22.9. The van der Waals surface area contributed by atoms with Crippen molar-refractivity contribution in [3.05, 3.63) is 0 Å². The largest absolute Gasteiger partial charge is 0.463 e. The van der Waals surface area contributed by atoms with E-state index in [0.29, 0.717) is 0 Å². The molecule has 11 heteroatoms. The highest BCUT2D eigenvalue weighted by atomic mass is 16.6. The highest BCUT2D eigenvalue weighted by molar-refractivity contribution is 5.65. The molecule has 0 radical (unpaired) electrons. The van der Waals surface area contributed by atoms with Crippen molar-refractivity contribution >= 4 is 5.97 Å². The first-order chi connectivity index (χ1) is 13.8. The van der Waals surface area contributed by atoms with Crippen molar-refractivity contribution in [3.8, 4) is 0 Å². The number of esters is 1. The molecule has 7 N–H and O–H groups in total. The number of rotatable bonds is 7. The van der Waals surface area contributed by atoms with Gasteiger partial charge in [0, 0.05) is 12.8 Å². The zero-order valence-corrected chi connectivity index (χ0v) is 17.8. The normalized spacial score (nSPS) is 43.9. The lowest BCUT2D eigenvalue weighted by Gasteiger charge is -2.49. The fraction of sp³-hybridized carbons (Fsp3) is 0.947. The van der Waals surface area contributed by atoms with Crippen molar-refractivity contribution in [1.29, 1.82) is 0 Å². The first kappa shape index (κ1) is 25.4. The van der Waals surface area contributed by atoms with E-state index in [2.05, 4.69) is 0 Å². The molecule has 0 aromatic rings. The Balaban J connectivity index is 2.06. The maximum absolute atomic E-state index is 11.2. The Morgan fingerprint density at radius 2 is 1.63 bits per heavy atom. The number of ether oxygens (including phenoxy) is 4. The maximum atomic E-state index is 11.2. The topological polar surface area (TPSA) is 181 Å². The van der Waals surface area contributed by atoms with Gasteiger partial charge in [0.2, 0.25) is 0 Å². The van der Waals surface area contributed by atoms with Crippen LogP contribution in [0.3, 0.4) is 0 Å². The first-order valence-corrected chi connectivity index (χ1v) is 9.99. The number of carbonyl (C=O) groups excluding carboxylic acids is 1. The van der Waals surface area contributed by atoms with E-state index < -0.39 is 72.4 Å². The number of aliphatic hydroxyl groups excluding tert-OH is 5. The second kappa shape index (κ2) is 9.72. The molecule has 2 rings (SSSR count). The highest BCUT2D eigenvalue weighted by Gasteiger charge is 2.52. The lowest BCUT2D eigenvalue weighted by molar-refractivity contribution is -0.283. The molecule has 30 heavy (non-hydrogen) atoms. The Morgan fingerprint density at radius 3 is 2.20 bits per heavy atom. The molecule has 0 bridgehead atoms. The van der Waals surface area contributed by atoms with Crippen LogP contribution in [0.15, 0.2) is 0 Å². The van der Waals surface area contributed by atoms with Crippen LogP contribution >= 0.6 is 0 Å². The van der Waals surface area contributed by atoms with Gasteiger partial charge in [0.1, 0.15) is 36.6 Å². The monoisotopic (exact) mass is 437 g/mol. The summed E-state index contributed by atoms with van der Waals surface area (Å²) in [5, 5.41) is 50.3. The molecule has 2 aliphatic rings. The van der Waals surface area contributed by atoms with Crippen LogP contribution in [0.1, 0.15) is 27.7 Å². The van der Waals surface area contributed by atoms with Crippen LogP contribution in [0.4, 0.5) is 0 Å². The SMILES string of the molecule is CC(=O)OCC1OC(C)(C)C(N)C(O)C1COCC1(C)OC(CO)C(O)C(O)C1O. The standard InChI is InChI=1S/C19H35NO10/c1-9(22)28-7-12-10(13(23)16(20)18(2,3)29-12)6-27-8-19(4)17(26)15(25)14(24)11(5-21)30-19/h10-17,21,23-26H,5-8,20H2,1-4H3. The molecule has 2 aliphatic heterocycles. The van der Waals surface area contributed by atoms with E-state index in [1.165, 1.54) is 13.8 Å². The van der Waals surface area contributed by atoms with Gasteiger partial charge in [-0.25, -0.2) is 0 Å². The molecule has 11 nitrogen and oxygen atoms in total. The molecule has 0 aliphatic carbocycles. The predicted molar refractivity (Wildman–Crippen MR) is 102 cm³/mol. The second-order valence-electron chi connectivity index (χ2n) is 8.84. The van der Waals surface area contributed by atoms with Crippen molar-refractivity contribution in [2.24, 2.45) is 11.7 Å². The van der Waals surface area contributed by atoms with Crippen molar-refractivity contribution in [3.63, 3.8) is 0 Å². The summed E-state index contributed by atoms with van der Waals surface area (Å²) < 4.78 is 22.3. The number of hydrogen-bond donors (Lipinski definition) is 6. The summed E-state index contributed by atoms with van der Waals surface area (Å²) in [4.78, 5) is 11.2. The average Bonchev–Trinajstić information content (AvgIpc) is 2.68. The molecule has 0 spiro atoms. The van der Waals surface area contributed by atoms with E-state index >= 15 is 0 Å². The van der Waals surface area contributed by atoms with E-state index in [-0.39, 0.29) is 19.8 Å². The van der Waals surface area contributed by atoms with Crippen molar-refractivity contribution in [1.82, 2.24) is 0 Å². The number of carbonyl (C=O) groups is 1. The molecule has 176 valence electrons. The van der Waals surface area contributed by atoms with Gasteiger partial charge in [-0.05, 0) is 20.8 Å². The molecular formula is C19H35NO10. The van der Waals surface area contributed by atoms with Crippen LogP contribution in [0.2, 0.25) is 0 Å². The maximum Gasteiger partial charge on any atom is 0.302 e. The smallest absolute Gasteiger partial charge is 0.302 e. The molecule has 9 unspecified atom stereocenters. The van der Waals surface area contributed by atoms with Crippen LogP contribution in [-0.4, -0.2) is 112 Å². The van der Waals surface area contributed by atoms with Crippen LogP contribution in [0.25, 0.3) is 0 Å². The van der Waals surface area contributed by atoms with Crippen LogP contribution in [0, 0.1) is 5.92 Å². The van der Waals surface area contributed by atoms with Crippen LogP contribution in [0.5, 0.6) is 0 Å². The minimum absolute atomic E-state index is 0.0645. The van der Waals surface area contributed by atoms with Gasteiger partial charge in [-0.15, -0.1) is 0 Å². The summed E-state index contributed by atoms with van der Waals surface area (Å²) >= 11 is 0. The minimum atomic E-state index is -1.53. The van der Waals surface area contributed by atoms with E-state index in [4.69, 9.17) is 24.7 Å². The highest BCUT2D eigenvalue weighted by Crippen LogP contribution is 2.34. The predicted octanol–water partition coefficient (Wildman–Crippen LogP) is -2.72. The molecule has 9 atom stereocenters. The van der Waals surface area contributed by atoms with E-state index in [9.17, 15) is 30.3 Å². The van der Waals surface area contributed by atoms with Crippen molar-refractivity contribution < 1.29 is 49.3 Å². The molecule has 0 amide bonds. The fourth-order valence-corrected chi connectivity index (χ4v) is 3.93. The summed E-state index contributed by atoms with van der Waals surface area (Å²) in [6.45, 7) is 5.29. The summed E-state index contributed by atoms with van der Waals surface area (Å²) in [6.07, 6.45) is -7.23. The van der Waals surface area contributed by atoms with Crippen molar-refractivity contribution in [2.75, 3.05) is 26.4 Å². The van der Waals surface area contributed by atoms with E-state index in [1.54, 1.807) is 13.8 Å². The van der Waals surface area contributed by atoms with Gasteiger partial charge >= 0.3 is 5.97 Å². The van der Waals surface area contributed by atoms with Crippen LogP contribution < -0.4 is 5.73 Å². The Kier molecular flexibility index (Phi) is 8.22. The van der Waals surface area contributed by atoms with Gasteiger partial charge in [0.15, 0.2) is 0 Å². The molecule has 2 heterocycles. The molecule has 2 saturated heterocycles. The first-order valence-electron chi connectivity index (χ1n) is 9.99. The quantitative estimate of drug-likeness (QED) is 0.228. The van der Waals surface area contributed by atoms with Gasteiger partial charge < -0.3 is 50.2 Å². The number of aliphatic hydroxyl groups is 5. The fourth-order valence-electron chi connectivity index (χ4n) is 3.93. The zero-order valence-electron chi connectivity index (χ0n) is 17.8. The Labute approximate surface area is 175 Å². The average molecular weight is 437 g/mol. The summed E-state index contributed by atoms with van der Waals surface area (Å²) in [7, 11) is 0. The second-order valence-corrected chi connectivity index (χ2v) is 8.84. The number of hydrogen-bond acceptors (Lipinski definition) is 11. The van der Waals surface area contributed by atoms with Gasteiger partial charge in [-0.3, -0.25) is 4.79 Å². The lowest BCUT2D eigenvalue weighted by Crippen LogP contribution is -2.66. The summed E-state index contributed by atoms with van der Waals surface area (Å²) in [6, 6.07) is -0.720. The summed E-state index contributed by atoms with van der Waals surface area (Å²) in [5.74, 6) is -1.13. The van der Waals surface area contributed by atoms with Gasteiger partial charge in [-0.2, -0.15) is 0 Å². The van der Waals surface area contributed by atoms with E-state index in [1.807, 2.05) is 0 Å². The number of nitrogens with two attached hydrogens (primary N) is 1. The molecule has 0 saturated carbocycles. The summed E-state index contributed by atoms with van der Waals surface area (Å²) in [5.41, 5.74) is 3.83.